The number of amides is 2. The molecule has 3 fully saturated rings. The largest absolute Gasteiger partial charge is 0.484 e. The molecule has 0 saturated heterocycles. The van der Waals surface area contributed by atoms with Gasteiger partial charge in [-0.3, -0.25) is 14.4 Å². The molecule has 2 N–H and O–H groups in total. The van der Waals surface area contributed by atoms with E-state index >= 15 is 0 Å². The lowest BCUT2D eigenvalue weighted by Crippen LogP contribution is -2.84. The van der Waals surface area contributed by atoms with Crippen molar-refractivity contribution in [3.8, 4) is 5.75 Å². The zero-order chi connectivity index (χ0) is 27.7. The number of nitrogens with zero attached hydrogens (tertiary/aromatic N) is 1. The van der Waals surface area contributed by atoms with Gasteiger partial charge in [-0.15, -0.1) is 0 Å². The normalized spacial score (nSPS) is 21.4. The Morgan fingerprint density at radius 3 is 2.13 bits per heavy atom. The molecule has 2 aromatic rings. The van der Waals surface area contributed by atoms with Crippen molar-refractivity contribution in [3.63, 3.8) is 0 Å². The third kappa shape index (κ3) is 6.88. The van der Waals surface area contributed by atoms with E-state index < -0.39 is 17.4 Å². The highest BCUT2D eigenvalue weighted by atomic mass is 35.5. The Labute approximate surface area is 230 Å². The van der Waals surface area contributed by atoms with Crippen molar-refractivity contribution in [1.29, 1.82) is 0 Å². The van der Waals surface area contributed by atoms with Gasteiger partial charge in [0, 0.05) is 27.9 Å². The molecule has 0 atom stereocenters. The number of rotatable bonds is 10. The van der Waals surface area contributed by atoms with Crippen LogP contribution in [0.1, 0.15) is 40.0 Å². The topological polar surface area (TPSA) is 97.0 Å². The van der Waals surface area contributed by atoms with Crippen molar-refractivity contribution in [2.45, 2.75) is 56.7 Å². The summed E-state index contributed by atoms with van der Waals surface area (Å²) in [5, 5.41) is 6.54. The molecule has 2 bridgehead atoms. The van der Waals surface area contributed by atoms with Crippen LogP contribution in [0.5, 0.6) is 5.75 Å². The average Bonchev–Trinajstić information content (AvgIpc) is 2.76. The summed E-state index contributed by atoms with van der Waals surface area (Å²) >= 11 is 11.7. The zero-order valence-corrected chi connectivity index (χ0v) is 22.9. The van der Waals surface area contributed by atoms with Crippen LogP contribution in [0.4, 0.5) is 10.1 Å². The Bertz CT molecular complexity index is 1210. The third-order valence-electron chi connectivity index (χ3n) is 6.37. The summed E-state index contributed by atoms with van der Waals surface area (Å²) in [4.78, 5) is 39.4. The highest BCUT2D eigenvalue weighted by Gasteiger charge is 2.69. The predicted molar refractivity (Wildman–Crippen MR) is 142 cm³/mol. The van der Waals surface area contributed by atoms with Crippen LogP contribution in [0.25, 0.3) is 0 Å². The van der Waals surface area contributed by atoms with Gasteiger partial charge < -0.3 is 25.0 Å². The first-order valence-corrected chi connectivity index (χ1v) is 12.9. The molecule has 204 valence electrons. The van der Waals surface area contributed by atoms with Crippen LogP contribution in [0.15, 0.2) is 42.5 Å². The highest BCUT2D eigenvalue weighted by molar-refractivity contribution is 6.31. The second-order valence-electron chi connectivity index (χ2n) is 11.0. The van der Waals surface area contributed by atoms with Crippen LogP contribution in [-0.2, 0) is 19.1 Å². The summed E-state index contributed by atoms with van der Waals surface area (Å²) in [5.74, 6) is -1.43. The van der Waals surface area contributed by atoms with Crippen molar-refractivity contribution in [3.05, 3.63) is 58.3 Å². The fourth-order valence-electron chi connectivity index (χ4n) is 5.03. The molecular formula is C27H30Cl2FN3O5. The summed E-state index contributed by atoms with van der Waals surface area (Å²) in [5.41, 5.74) is -0.753. The molecule has 5 rings (SSSR count). The Morgan fingerprint density at radius 1 is 0.947 bits per heavy atom. The van der Waals surface area contributed by atoms with Crippen molar-refractivity contribution in [2.24, 2.45) is 0 Å². The SMILES string of the molecule is CC(C)(C)OC(=O)CN(CC(=O)NC12CC(NC(=O)COc3ccc(Cl)c(F)c3)(C1)C2)c1ccc(Cl)cc1. The number of esters is 1. The molecule has 38 heavy (non-hydrogen) atoms. The number of benzene rings is 2. The van der Waals surface area contributed by atoms with Gasteiger partial charge in [0.05, 0.1) is 11.6 Å². The molecule has 8 nitrogen and oxygen atoms in total. The molecule has 0 aromatic heterocycles. The van der Waals surface area contributed by atoms with Crippen molar-refractivity contribution < 1.29 is 28.2 Å². The Balaban J connectivity index is 1.27. The van der Waals surface area contributed by atoms with E-state index in [1.165, 1.54) is 12.1 Å². The second kappa shape index (κ2) is 10.6. The van der Waals surface area contributed by atoms with Crippen LogP contribution in [0.2, 0.25) is 10.0 Å². The van der Waals surface area contributed by atoms with Gasteiger partial charge in [0.25, 0.3) is 5.91 Å². The maximum atomic E-state index is 13.5. The summed E-state index contributed by atoms with van der Waals surface area (Å²) in [7, 11) is 0. The van der Waals surface area contributed by atoms with Gasteiger partial charge in [-0.1, -0.05) is 23.2 Å². The van der Waals surface area contributed by atoms with Gasteiger partial charge in [0.1, 0.15) is 23.7 Å². The molecule has 0 heterocycles. The first kappa shape index (κ1) is 28.0. The third-order valence-corrected chi connectivity index (χ3v) is 6.93. The molecule has 3 aliphatic rings. The number of carbonyl (C=O) groups excluding carboxylic acids is 3. The molecular weight excluding hydrogens is 536 g/mol. The lowest BCUT2D eigenvalue weighted by Gasteiger charge is -2.70. The number of nitrogens with one attached hydrogen (secondary N) is 2. The molecule has 0 aliphatic heterocycles. The first-order chi connectivity index (χ1) is 17.8. The Morgan fingerprint density at radius 2 is 1.55 bits per heavy atom. The van der Waals surface area contributed by atoms with Crippen molar-refractivity contribution >= 4 is 46.7 Å². The van der Waals surface area contributed by atoms with E-state index in [4.69, 9.17) is 32.7 Å². The van der Waals surface area contributed by atoms with Crippen molar-refractivity contribution in [2.75, 3.05) is 24.6 Å². The van der Waals surface area contributed by atoms with E-state index in [0.29, 0.717) is 30.0 Å². The lowest BCUT2D eigenvalue weighted by molar-refractivity contribution is -0.153. The maximum absolute atomic E-state index is 13.5. The standard InChI is InChI=1S/C27H30Cl2FN3O5/c1-25(2,3)38-24(36)12-33(18-6-4-17(28)5-7-18)11-22(34)31-26-14-27(15-26,16-26)32-23(35)13-37-19-8-9-20(29)21(30)10-19/h4-10H,11-16H2,1-3H3,(H,31,34)(H,32,35). The molecule has 3 aliphatic carbocycles. The number of halogens is 3. The van der Waals surface area contributed by atoms with E-state index in [1.807, 2.05) is 0 Å². The second-order valence-corrected chi connectivity index (χ2v) is 11.8. The van der Waals surface area contributed by atoms with Gasteiger partial charge in [-0.2, -0.15) is 0 Å². The maximum Gasteiger partial charge on any atom is 0.326 e. The molecule has 3 saturated carbocycles. The summed E-state index contributed by atoms with van der Waals surface area (Å²) in [6.45, 7) is 4.94. The number of anilines is 1. The van der Waals surface area contributed by atoms with Gasteiger partial charge >= 0.3 is 5.97 Å². The van der Waals surface area contributed by atoms with Gasteiger partial charge in [0.2, 0.25) is 5.91 Å². The predicted octanol–water partition coefficient (Wildman–Crippen LogP) is 4.27. The fraction of sp³-hybridized carbons (Fsp3) is 0.444. The monoisotopic (exact) mass is 565 g/mol. The molecule has 11 heteroatoms. The Kier molecular flexibility index (Phi) is 7.81. The van der Waals surface area contributed by atoms with E-state index in [1.54, 1.807) is 49.9 Å². The van der Waals surface area contributed by atoms with Crippen LogP contribution in [-0.4, -0.2) is 54.2 Å². The van der Waals surface area contributed by atoms with Crippen LogP contribution < -0.4 is 20.3 Å². The minimum absolute atomic E-state index is 0.0239. The number of ether oxygens (including phenoxy) is 2. The van der Waals surface area contributed by atoms with E-state index in [2.05, 4.69) is 10.6 Å². The fourth-order valence-corrected chi connectivity index (χ4v) is 5.27. The van der Waals surface area contributed by atoms with E-state index in [9.17, 15) is 18.8 Å². The molecule has 2 amide bonds. The van der Waals surface area contributed by atoms with Crippen LogP contribution in [0.3, 0.4) is 0 Å². The van der Waals surface area contributed by atoms with Gasteiger partial charge in [-0.05, 0) is 76.4 Å². The average molecular weight is 566 g/mol. The lowest BCUT2D eigenvalue weighted by atomic mass is 9.44. The zero-order valence-electron chi connectivity index (χ0n) is 21.4. The summed E-state index contributed by atoms with van der Waals surface area (Å²) in [6.07, 6.45) is 1.79. The molecule has 0 radical (unpaired) electrons. The van der Waals surface area contributed by atoms with Crippen molar-refractivity contribution in [1.82, 2.24) is 10.6 Å². The molecule has 0 unspecified atom stereocenters. The highest BCUT2D eigenvalue weighted by Crippen LogP contribution is 2.60. The summed E-state index contributed by atoms with van der Waals surface area (Å²) in [6, 6.07) is 10.8. The molecule has 2 aromatic carbocycles. The first-order valence-electron chi connectivity index (χ1n) is 12.2. The van der Waals surface area contributed by atoms with Gasteiger partial charge in [-0.25, -0.2) is 4.39 Å². The molecule has 0 spiro atoms. The van der Waals surface area contributed by atoms with E-state index in [-0.39, 0.29) is 53.4 Å². The van der Waals surface area contributed by atoms with E-state index in [0.717, 1.165) is 6.07 Å². The number of hydrogen-bond donors (Lipinski definition) is 2. The minimum atomic E-state index is -0.647. The van der Waals surface area contributed by atoms with Crippen LogP contribution >= 0.6 is 23.2 Å². The summed E-state index contributed by atoms with van der Waals surface area (Å²) < 4.78 is 24.3. The van der Waals surface area contributed by atoms with Gasteiger partial charge in [0.15, 0.2) is 6.61 Å². The van der Waals surface area contributed by atoms with Crippen LogP contribution in [0, 0.1) is 5.82 Å². The smallest absolute Gasteiger partial charge is 0.326 e. The number of carbonyl (C=O) groups is 3. The minimum Gasteiger partial charge on any atom is -0.484 e. The quantitative estimate of drug-likeness (QED) is 0.418. The Hall–Kier alpha value is -3.04. The number of hydrogen-bond acceptors (Lipinski definition) is 6.